The maximum absolute atomic E-state index is 12.9. The van der Waals surface area contributed by atoms with Crippen molar-refractivity contribution in [3.63, 3.8) is 0 Å². The molecule has 5 heteroatoms. The SMILES string of the molecule is CCCN(CCC)C1CCc2c(OC(=O)c3ccc(OC(=O)C(C)(C)C)cc3)cccc2C1C. The molecule has 2 unspecified atom stereocenters. The van der Waals surface area contributed by atoms with Crippen LogP contribution < -0.4 is 9.47 Å². The van der Waals surface area contributed by atoms with Gasteiger partial charge < -0.3 is 9.47 Å². The first-order chi connectivity index (χ1) is 16.2. The Kier molecular flexibility index (Phi) is 8.53. The van der Waals surface area contributed by atoms with Crippen LogP contribution in [0, 0.1) is 5.41 Å². The Balaban J connectivity index is 1.73. The number of hydrogen-bond donors (Lipinski definition) is 0. The number of benzene rings is 2. The highest BCUT2D eigenvalue weighted by Crippen LogP contribution is 2.39. The average Bonchev–Trinajstić information content (AvgIpc) is 2.79. The summed E-state index contributed by atoms with van der Waals surface area (Å²) in [6.45, 7) is 14.4. The predicted octanol–water partition coefficient (Wildman–Crippen LogP) is 6.40. The molecule has 0 bridgehead atoms. The molecule has 0 spiro atoms. The first kappa shape index (κ1) is 26.0. The van der Waals surface area contributed by atoms with Crippen molar-refractivity contribution in [1.82, 2.24) is 4.90 Å². The van der Waals surface area contributed by atoms with E-state index in [-0.39, 0.29) is 5.97 Å². The van der Waals surface area contributed by atoms with Gasteiger partial charge in [-0.05, 0) is 107 Å². The van der Waals surface area contributed by atoms with Crippen LogP contribution >= 0.6 is 0 Å². The molecule has 0 radical (unpaired) electrons. The third kappa shape index (κ3) is 6.06. The molecule has 184 valence electrons. The van der Waals surface area contributed by atoms with Crippen molar-refractivity contribution in [3.05, 3.63) is 59.2 Å². The van der Waals surface area contributed by atoms with Crippen molar-refractivity contribution < 1.29 is 19.1 Å². The summed E-state index contributed by atoms with van der Waals surface area (Å²) in [5.74, 6) is 0.723. The van der Waals surface area contributed by atoms with Crippen LogP contribution in [-0.2, 0) is 11.2 Å². The highest BCUT2D eigenvalue weighted by atomic mass is 16.5. The summed E-state index contributed by atoms with van der Waals surface area (Å²) in [5.41, 5.74) is 2.25. The molecule has 3 rings (SSSR count). The lowest BCUT2D eigenvalue weighted by atomic mass is 9.79. The smallest absolute Gasteiger partial charge is 0.343 e. The van der Waals surface area contributed by atoms with Crippen molar-refractivity contribution in [1.29, 1.82) is 0 Å². The van der Waals surface area contributed by atoms with Crippen LogP contribution in [0.5, 0.6) is 11.5 Å². The minimum Gasteiger partial charge on any atom is -0.426 e. The topological polar surface area (TPSA) is 55.8 Å². The zero-order valence-corrected chi connectivity index (χ0v) is 21.5. The first-order valence-electron chi connectivity index (χ1n) is 12.6. The van der Waals surface area contributed by atoms with Crippen molar-refractivity contribution in [3.8, 4) is 11.5 Å². The molecule has 34 heavy (non-hydrogen) atoms. The maximum atomic E-state index is 12.9. The Morgan fingerprint density at radius 1 is 0.971 bits per heavy atom. The summed E-state index contributed by atoms with van der Waals surface area (Å²) in [5, 5.41) is 0. The molecule has 1 aliphatic carbocycles. The van der Waals surface area contributed by atoms with Crippen LogP contribution in [0.2, 0.25) is 0 Å². The number of nitrogens with zero attached hydrogens (tertiary/aromatic N) is 1. The number of esters is 2. The minimum atomic E-state index is -0.593. The third-order valence-corrected chi connectivity index (χ3v) is 6.53. The quantitative estimate of drug-likeness (QED) is 0.334. The van der Waals surface area contributed by atoms with Gasteiger partial charge in [0.2, 0.25) is 0 Å². The molecule has 2 atom stereocenters. The van der Waals surface area contributed by atoms with Crippen LogP contribution in [0.25, 0.3) is 0 Å². The molecule has 0 N–H and O–H groups in total. The van der Waals surface area contributed by atoms with E-state index in [9.17, 15) is 9.59 Å². The van der Waals surface area contributed by atoms with Crippen LogP contribution in [0.4, 0.5) is 0 Å². The maximum Gasteiger partial charge on any atom is 0.343 e. The van der Waals surface area contributed by atoms with Gasteiger partial charge in [0.25, 0.3) is 0 Å². The lowest BCUT2D eigenvalue weighted by molar-refractivity contribution is -0.143. The van der Waals surface area contributed by atoms with Crippen LogP contribution in [0.15, 0.2) is 42.5 Å². The number of rotatable bonds is 8. The van der Waals surface area contributed by atoms with Gasteiger partial charge in [-0.15, -0.1) is 0 Å². The van der Waals surface area contributed by atoms with E-state index < -0.39 is 11.4 Å². The average molecular weight is 466 g/mol. The zero-order valence-electron chi connectivity index (χ0n) is 21.5. The first-order valence-corrected chi connectivity index (χ1v) is 12.6. The fraction of sp³-hybridized carbons (Fsp3) is 0.517. The summed E-state index contributed by atoms with van der Waals surface area (Å²) in [6.07, 6.45) is 4.28. The second-order valence-electron chi connectivity index (χ2n) is 10.3. The molecule has 0 aromatic heterocycles. The normalized spacial score (nSPS) is 17.9. The molecular formula is C29H39NO4. The van der Waals surface area contributed by atoms with E-state index in [1.165, 1.54) is 5.56 Å². The molecular weight excluding hydrogens is 426 g/mol. The van der Waals surface area contributed by atoms with E-state index in [1.54, 1.807) is 45.0 Å². The molecule has 0 aliphatic heterocycles. The molecule has 0 fully saturated rings. The third-order valence-electron chi connectivity index (χ3n) is 6.53. The van der Waals surface area contributed by atoms with Crippen LogP contribution in [-0.4, -0.2) is 36.0 Å². The molecule has 5 nitrogen and oxygen atoms in total. The monoisotopic (exact) mass is 465 g/mol. The Morgan fingerprint density at radius 3 is 2.21 bits per heavy atom. The van der Waals surface area contributed by atoms with E-state index >= 15 is 0 Å². The van der Waals surface area contributed by atoms with Gasteiger partial charge in [0.05, 0.1) is 11.0 Å². The van der Waals surface area contributed by atoms with Gasteiger partial charge in [0.1, 0.15) is 11.5 Å². The summed E-state index contributed by atoms with van der Waals surface area (Å²) in [6, 6.07) is 13.1. The number of hydrogen-bond acceptors (Lipinski definition) is 5. The standard InChI is InChI=1S/C29H39NO4/c1-7-18-30(19-8-2)25-17-16-24-23(20(25)3)10-9-11-26(24)34-27(31)21-12-14-22(15-13-21)33-28(32)29(4,5)6/h9-15,20,25H,7-8,16-19H2,1-6H3. The summed E-state index contributed by atoms with van der Waals surface area (Å²) < 4.78 is 11.2. The Morgan fingerprint density at radius 2 is 1.62 bits per heavy atom. The van der Waals surface area contributed by atoms with Crippen LogP contribution in [0.1, 0.15) is 88.2 Å². The minimum absolute atomic E-state index is 0.317. The number of carbonyl (C=O) groups is 2. The van der Waals surface area contributed by atoms with E-state index in [4.69, 9.17) is 9.47 Å². The van der Waals surface area contributed by atoms with Crippen molar-refractivity contribution in [2.45, 2.75) is 79.2 Å². The lowest BCUT2D eigenvalue weighted by Gasteiger charge is -2.40. The fourth-order valence-electron chi connectivity index (χ4n) is 4.72. The predicted molar refractivity (Wildman–Crippen MR) is 136 cm³/mol. The van der Waals surface area contributed by atoms with E-state index in [0.717, 1.165) is 44.3 Å². The number of fused-ring (bicyclic) bond motifs is 1. The fourth-order valence-corrected chi connectivity index (χ4v) is 4.72. The zero-order chi connectivity index (χ0) is 24.9. The summed E-state index contributed by atoms with van der Waals surface area (Å²) in [4.78, 5) is 27.6. The van der Waals surface area contributed by atoms with Crippen molar-refractivity contribution in [2.24, 2.45) is 5.41 Å². The Bertz CT molecular complexity index is 984. The highest BCUT2D eigenvalue weighted by molar-refractivity contribution is 5.91. The Labute approximate surface area is 204 Å². The largest absolute Gasteiger partial charge is 0.426 e. The van der Waals surface area contributed by atoms with Gasteiger partial charge in [-0.1, -0.05) is 32.9 Å². The van der Waals surface area contributed by atoms with Gasteiger partial charge in [-0.2, -0.15) is 0 Å². The summed E-state index contributed by atoms with van der Waals surface area (Å²) in [7, 11) is 0. The molecule has 1 aliphatic rings. The van der Waals surface area contributed by atoms with E-state index in [1.807, 2.05) is 12.1 Å². The molecule has 0 saturated carbocycles. The second kappa shape index (κ2) is 11.2. The number of ether oxygens (including phenoxy) is 2. The summed E-state index contributed by atoms with van der Waals surface area (Å²) >= 11 is 0. The molecule has 0 heterocycles. The highest BCUT2D eigenvalue weighted by Gasteiger charge is 2.32. The second-order valence-corrected chi connectivity index (χ2v) is 10.3. The van der Waals surface area contributed by atoms with Crippen molar-refractivity contribution in [2.75, 3.05) is 13.1 Å². The van der Waals surface area contributed by atoms with Crippen LogP contribution in [0.3, 0.4) is 0 Å². The van der Waals surface area contributed by atoms with Gasteiger partial charge >= 0.3 is 11.9 Å². The molecule has 2 aromatic rings. The Hall–Kier alpha value is -2.66. The van der Waals surface area contributed by atoms with E-state index in [0.29, 0.717) is 29.0 Å². The van der Waals surface area contributed by atoms with Gasteiger partial charge in [-0.3, -0.25) is 9.69 Å². The number of carbonyl (C=O) groups excluding carboxylic acids is 2. The van der Waals surface area contributed by atoms with E-state index in [2.05, 4.69) is 31.7 Å². The molecule has 0 saturated heterocycles. The van der Waals surface area contributed by atoms with Gasteiger partial charge in [0, 0.05) is 6.04 Å². The molecule has 0 amide bonds. The van der Waals surface area contributed by atoms with Crippen molar-refractivity contribution >= 4 is 11.9 Å². The molecule has 2 aromatic carbocycles. The van der Waals surface area contributed by atoms with Gasteiger partial charge in [0.15, 0.2) is 0 Å². The van der Waals surface area contributed by atoms with Gasteiger partial charge in [-0.25, -0.2) is 4.79 Å². The lowest BCUT2D eigenvalue weighted by Crippen LogP contribution is -2.42.